The molecule has 0 saturated carbocycles. The lowest BCUT2D eigenvalue weighted by Crippen LogP contribution is -2.37. The zero-order valence-electron chi connectivity index (χ0n) is 11.4. The molecule has 0 bridgehead atoms. The smallest absolute Gasteiger partial charge is 0.319 e. The number of urea groups is 1. The number of aliphatic hydroxyl groups is 2. The van der Waals surface area contributed by atoms with Gasteiger partial charge in [0.2, 0.25) is 0 Å². The minimum atomic E-state index is -0.933. The summed E-state index contributed by atoms with van der Waals surface area (Å²) in [5.74, 6) is 0. The molecule has 0 aliphatic rings. The minimum absolute atomic E-state index is 0.0259. The number of aryl methyl sites for hydroxylation is 2. The van der Waals surface area contributed by atoms with Crippen molar-refractivity contribution in [1.29, 1.82) is 0 Å². The summed E-state index contributed by atoms with van der Waals surface area (Å²) in [6, 6.07) is 5.58. The lowest BCUT2D eigenvalue weighted by molar-refractivity contribution is 0.0965. The molecule has 1 rings (SSSR count). The standard InChI is InChI=1S/C14H22N2O3/c1-3-10-6-5-7-11(4-2)13(10)16-14(19)15-8-12(18)9-17/h5-7,12,17-18H,3-4,8-9H2,1-2H3,(H2,15,16,19). The molecule has 1 atom stereocenters. The third kappa shape index (κ3) is 4.54. The van der Waals surface area contributed by atoms with E-state index in [1.165, 1.54) is 0 Å². The highest BCUT2D eigenvalue weighted by molar-refractivity contribution is 5.91. The Morgan fingerprint density at radius 2 is 1.84 bits per heavy atom. The molecule has 0 heterocycles. The predicted molar refractivity (Wildman–Crippen MR) is 75.3 cm³/mol. The van der Waals surface area contributed by atoms with E-state index < -0.39 is 6.10 Å². The van der Waals surface area contributed by atoms with E-state index in [1.807, 2.05) is 32.0 Å². The average molecular weight is 266 g/mol. The number of aliphatic hydroxyl groups excluding tert-OH is 2. The molecule has 5 heteroatoms. The summed E-state index contributed by atoms with van der Waals surface area (Å²) in [5, 5.41) is 23.2. The molecule has 0 spiro atoms. The van der Waals surface area contributed by atoms with Crippen molar-refractivity contribution in [3.05, 3.63) is 29.3 Å². The van der Waals surface area contributed by atoms with E-state index in [1.54, 1.807) is 0 Å². The summed E-state index contributed by atoms with van der Waals surface area (Å²) in [6.07, 6.45) is 0.739. The normalized spacial score (nSPS) is 12.0. The van der Waals surface area contributed by atoms with Gasteiger partial charge in [-0.2, -0.15) is 0 Å². The molecular formula is C14H22N2O3. The first-order chi connectivity index (χ1) is 9.12. The molecule has 5 nitrogen and oxygen atoms in total. The number of nitrogens with one attached hydrogen (secondary N) is 2. The number of hydrogen-bond donors (Lipinski definition) is 4. The molecule has 0 aliphatic heterocycles. The summed E-state index contributed by atoms with van der Waals surface area (Å²) >= 11 is 0. The molecule has 106 valence electrons. The molecule has 0 radical (unpaired) electrons. The van der Waals surface area contributed by atoms with Gasteiger partial charge in [-0.05, 0) is 24.0 Å². The zero-order valence-corrected chi connectivity index (χ0v) is 11.4. The third-order valence-corrected chi connectivity index (χ3v) is 2.95. The first-order valence-corrected chi connectivity index (χ1v) is 6.56. The number of para-hydroxylation sites is 1. The van der Waals surface area contributed by atoms with Crippen molar-refractivity contribution in [2.75, 3.05) is 18.5 Å². The Kier molecular flexibility index (Phi) is 6.32. The topological polar surface area (TPSA) is 81.6 Å². The second kappa shape index (κ2) is 7.76. The third-order valence-electron chi connectivity index (χ3n) is 2.95. The number of rotatable bonds is 6. The van der Waals surface area contributed by atoms with Crippen LogP contribution in [0.1, 0.15) is 25.0 Å². The van der Waals surface area contributed by atoms with Crippen LogP contribution in [0.5, 0.6) is 0 Å². The lowest BCUT2D eigenvalue weighted by Gasteiger charge is -2.15. The van der Waals surface area contributed by atoms with Crippen LogP contribution in [0.2, 0.25) is 0 Å². The van der Waals surface area contributed by atoms with Gasteiger partial charge in [0.15, 0.2) is 0 Å². The van der Waals surface area contributed by atoms with Crippen LogP contribution >= 0.6 is 0 Å². The molecule has 2 amide bonds. The Morgan fingerprint density at radius 3 is 2.32 bits per heavy atom. The predicted octanol–water partition coefficient (Wildman–Crippen LogP) is 1.29. The van der Waals surface area contributed by atoms with Gasteiger partial charge in [0.1, 0.15) is 0 Å². The lowest BCUT2D eigenvalue weighted by atomic mass is 10.0. The van der Waals surface area contributed by atoms with Gasteiger partial charge in [-0.3, -0.25) is 0 Å². The number of hydrogen-bond acceptors (Lipinski definition) is 3. The van der Waals surface area contributed by atoms with Gasteiger partial charge in [0.05, 0.1) is 12.7 Å². The van der Waals surface area contributed by atoms with Gasteiger partial charge >= 0.3 is 6.03 Å². The Morgan fingerprint density at radius 1 is 1.26 bits per heavy atom. The number of amides is 2. The van der Waals surface area contributed by atoms with Gasteiger partial charge in [0, 0.05) is 12.2 Å². The second-order valence-electron chi connectivity index (χ2n) is 4.33. The second-order valence-corrected chi connectivity index (χ2v) is 4.33. The van der Waals surface area contributed by atoms with Crippen molar-refractivity contribution < 1.29 is 15.0 Å². The summed E-state index contributed by atoms with van der Waals surface area (Å²) in [4.78, 5) is 11.8. The Balaban J connectivity index is 2.72. The minimum Gasteiger partial charge on any atom is -0.394 e. The summed E-state index contributed by atoms with van der Waals surface area (Å²) in [7, 11) is 0. The van der Waals surface area contributed by atoms with Gasteiger partial charge in [-0.1, -0.05) is 32.0 Å². The highest BCUT2D eigenvalue weighted by atomic mass is 16.3. The van der Waals surface area contributed by atoms with E-state index in [0.717, 1.165) is 29.7 Å². The van der Waals surface area contributed by atoms with E-state index >= 15 is 0 Å². The van der Waals surface area contributed by atoms with Crippen molar-refractivity contribution >= 4 is 11.7 Å². The quantitative estimate of drug-likeness (QED) is 0.626. The van der Waals surface area contributed by atoms with Crippen LogP contribution in [0.15, 0.2) is 18.2 Å². The highest BCUT2D eigenvalue weighted by Gasteiger charge is 2.10. The zero-order chi connectivity index (χ0) is 14.3. The van der Waals surface area contributed by atoms with Crippen LogP contribution in [0.4, 0.5) is 10.5 Å². The van der Waals surface area contributed by atoms with Gasteiger partial charge in [0.25, 0.3) is 0 Å². The van der Waals surface area contributed by atoms with Gasteiger partial charge in [-0.25, -0.2) is 4.79 Å². The maximum absolute atomic E-state index is 11.8. The Hall–Kier alpha value is -1.59. The first kappa shape index (κ1) is 15.5. The monoisotopic (exact) mass is 266 g/mol. The average Bonchev–Trinajstić information content (AvgIpc) is 2.44. The van der Waals surface area contributed by atoms with Crippen LogP contribution in [0.3, 0.4) is 0 Å². The van der Waals surface area contributed by atoms with Crippen molar-refractivity contribution in [3.8, 4) is 0 Å². The van der Waals surface area contributed by atoms with Crippen molar-refractivity contribution in [1.82, 2.24) is 5.32 Å². The summed E-state index contributed by atoms with van der Waals surface area (Å²) in [5.41, 5.74) is 3.00. The van der Waals surface area contributed by atoms with E-state index in [2.05, 4.69) is 10.6 Å². The number of carbonyl (C=O) groups is 1. The largest absolute Gasteiger partial charge is 0.394 e. The van der Waals surface area contributed by atoms with Crippen molar-refractivity contribution in [3.63, 3.8) is 0 Å². The fourth-order valence-electron chi connectivity index (χ4n) is 1.84. The van der Waals surface area contributed by atoms with Crippen molar-refractivity contribution in [2.24, 2.45) is 0 Å². The molecule has 0 aliphatic carbocycles. The van der Waals surface area contributed by atoms with Crippen LogP contribution < -0.4 is 10.6 Å². The molecule has 4 N–H and O–H groups in total. The van der Waals surface area contributed by atoms with Crippen LogP contribution in [-0.4, -0.2) is 35.5 Å². The van der Waals surface area contributed by atoms with Crippen LogP contribution in [0.25, 0.3) is 0 Å². The summed E-state index contributed by atoms with van der Waals surface area (Å²) in [6.45, 7) is 3.73. The molecule has 19 heavy (non-hydrogen) atoms. The number of benzene rings is 1. The fraction of sp³-hybridized carbons (Fsp3) is 0.500. The summed E-state index contributed by atoms with van der Waals surface area (Å²) < 4.78 is 0. The molecule has 1 aromatic rings. The molecular weight excluding hydrogens is 244 g/mol. The van der Waals surface area contributed by atoms with E-state index in [9.17, 15) is 9.90 Å². The van der Waals surface area contributed by atoms with Gasteiger partial charge < -0.3 is 20.8 Å². The number of carbonyl (C=O) groups excluding carboxylic acids is 1. The molecule has 0 saturated heterocycles. The van der Waals surface area contributed by atoms with E-state index in [4.69, 9.17) is 5.11 Å². The van der Waals surface area contributed by atoms with Crippen LogP contribution in [0, 0.1) is 0 Å². The van der Waals surface area contributed by atoms with E-state index in [-0.39, 0.29) is 19.2 Å². The van der Waals surface area contributed by atoms with E-state index in [0.29, 0.717) is 0 Å². The number of anilines is 1. The van der Waals surface area contributed by atoms with Crippen LogP contribution in [-0.2, 0) is 12.8 Å². The Bertz CT molecular complexity index is 399. The SMILES string of the molecule is CCc1cccc(CC)c1NC(=O)NCC(O)CO. The molecule has 1 unspecified atom stereocenters. The molecule has 1 aromatic carbocycles. The van der Waals surface area contributed by atoms with Gasteiger partial charge in [-0.15, -0.1) is 0 Å². The Labute approximate surface area is 113 Å². The molecule has 0 aromatic heterocycles. The fourth-order valence-corrected chi connectivity index (χ4v) is 1.84. The molecule has 0 fully saturated rings. The first-order valence-electron chi connectivity index (χ1n) is 6.56. The maximum atomic E-state index is 11.8. The van der Waals surface area contributed by atoms with Crippen molar-refractivity contribution in [2.45, 2.75) is 32.8 Å². The highest BCUT2D eigenvalue weighted by Crippen LogP contribution is 2.22. The maximum Gasteiger partial charge on any atom is 0.319 e.